The highest BCUT2D eigenvalue weighted by molar-refractivity contribution is 6.31. The molecule has 5 rings (SSSR count). The molecule has 1 aliphatic rings. The number of aromatic nitrogens is 3. The van der Waals surface area contributed by atoms with Crippen molar-refractivity contribution >= 4 is 34.2 Å². The first kappa shape index (κ1) is 21.2. The number of pyridine rings is 3. The number of carbonyl (C=O) groups is 1. The van der Waals surface area contributed by atoms with Gasteiger partial charge in [0.15, 0.2) is 0 Å². The number of carbonyl (C=O) groups excluding carboxylic acids is 1. The summed E-state index contributed by atoms with van der Waals surface area (Å²) in [6.45, 7) is 4.16. The van der Waals surface area contributed by atoms with Crippen molar-refractivity contribution in [2.75, 3.05) is 5.73 Å². The predicted molar refractivity (Wildman–Crippen MR) is 127 cm³/mol. The maximum Gasteiger partial charge on any atom is 0.251 e. The van der Waals surface area contributed by atoms with Crippen molar-refractivity contribution in [2.45, 2.75) is 32.4 Å². The van der Waals surface area contributed by atoms with Crippen LogP contribution in [0.15, 0.2) is 54.9 Å². The number of anilines is 1. The fourth-order valence-electron chi connectivity index (χ4n) is 4.05. The lowest BCUT2D eigenvalue weighted by atomic mass is 9.91. The van der Waals surface area contributed by atoms with Crippen LogP contribution in [0, 0.1) is 0 Å². The zero-order valence-electron chi connectivity index (χ0n) is 18.2. The third-order valence-corrected chi connectivity index (χ3v) is 5.88. The van der Waals surface area contributed by atoms with E-state index in [1.807, 2.05) is 38.1 Å². The van der Waals surface area contributed by atoms with E-state index in [1.165, 1.54) is 0 Å². The largest absolute Gasteiger partial charge is 0.466 e. The fraction of sp³-hybridized carbons (Fsp3) is 0.200. The number of nitrogens with zero attached hydrogens (tertiary/aromatic N) is 3. The summed E-state index contributed by atoms with van der Waals surface area (Å²) in [5, 5.41) is 4.38. The van der Waals surface area contributed by atoms with Crippen LogP contribution in [-0.2, 0) is 18.6 Å². The van der Waals surface area contributed by atoms with Crippen molar-refractivity contribution in [3.63, 3.8) is 0 Å². The molecule has 4 heterocycles. The highest BCUT2D eigenvalue weighted by atomic mass is 35.5. The van der Waals surface area contributed by atoms with Gasteiger partial charge in [0.25, 0.3) is 5.91 Å². The molecule has 8 heteroatoms. The Morgan fingerprint density at radius 2 is 1.97 bits per heavy atom. The molecule has 1 amide bonds. The van der Waals surface area contributed by atoms with E-state index < -0.39 is 5.60 Å². The minimum Gasteiger partial charge on any atom is -0.466 e. The molecule has 0 fully saturated rings. The molecule has 3 aromatic heterocycles. The number of hydrogen-bond donors (Lipinski definition) is 2. The fourth-order valence-corrected chi connectivity index (χ4v) is 4.22. The van der Waals surface area contributed by atoms with E-state index in [4.69, 9.17) is 22.1 Å². The Kier molecular flexibility index (Phi) is 5.13. The molecule has 166 valence electrons. The average Bonchev–Trinajstić information content (AvgIpc) is 2.77. The second-order valence-corrected chi connectivity index (χ2v) is 9.01. The lowest BCUT2D eigenvalue weighted by Gasteiger charge is -2.29. The van der Waals surface area contributed by atoms with Crippen LogP contribution in [0.2, 0.25) is 5.02 Å². The van der Waals surface area contributed by atoms with Gasteiger partial charge in [0.2, 0.25) is 5.88 Å². The summed E-state index contributed by atoms with van der Waals surface area (Å²) in [5.74, 6) is 0.493. The number of hydrogen-bond acceptors (Lipinski definition) is 6. The second kappa shape index (κ2) is 8.01. The first-order valence-electron chi connectivity index (χ1n) is 10.5. The first-order valence-corrected chi connectivity index (χ1v) is 10.9. The van der Waals surface area contributed by atoms with Gasteiger partial charge in [-0.1, -0.05) is 11.6 Å². The molecule has 0 unspecified atom stereocenters. The standard InChI is InChI=1S/C25H22ClN5O2/c1-25(2)20-9-14(7-17-10-18(26)13-29-22(17)20)8-19-11-15(5-6-28-19)23(32)30-12-16-3-4-21(27)31-24(16)33-25/h3-7,9-11,13H,8,12H2,1-2H3,(H2,27,31)(H,30,32). The molecule has 1 aliphatic heterocycles. The van der Waals surface area contributed by atoms with Gasteiger partial charge in [0.05, 0.1) is 10.5 Å². The number of halogens is 1. The summed E-state index contributed by atoms with van der Waals surface area (Å²) in [5.41, 5.74) is 9.87. The average molecular weight is 460 g/mol. The Morgan fingerprint density at radius 1 is 1.12 bits per heavy atom. The highest BCUT2D eigenvalue weighted by Crippen LogP contribution is 2.35. The Labute approximate surface area is 196 Å². The van der Waals surface area contributed by atoms with Gasteiger partial charge in [-0.25, -0.2) is 0 Å². The van der Waals surface area contributed by atoms with Crippen molar-refractivity contribution in [1.82, 2.24) is 20.3 Å². The number of fused-ring (bicyclic) bond motifs is 7. The SMILES string of the molecule is CC1(C)Oc2nc(N)ccc2CNC(=O)c2ccnc(c2)Cc2cc1c1ncc(Cl)cc1c2. The van der Waals surface area contributed by atoms with Gasteiger partial charge in [0.1, 0.15) is 11.4 Å². The Bertz CT molecular complexity index is 1400. The zero-order valence-corrected chi connectivity index (χ0v) is 19.0. The van der Waals surface area contributed by atoms with Gasteiger partial charge < -0.3 is 15.8 Å². The summed E-state index contributed by atoms with van der Waals surface area (Å²) in [7, 11) is 0. The summed E-state index contributed by atoms with van der Waals surface area (Å²) < 4.78 is 6.44. The number of nitrogen functional groups attached to an aromatic ring is 1. The van der Waals surface area contributed by atoms with Crippen LogP contribution in [0.5, 0.6) is 5.88 Å². The van der Waals surface area contributed by atoms with Crippen LogP contribution in [0.25, 0.3) is 10.9 Å². The zero-order chi connectivity index (χ0) is 23.2. The van der Waals surface area contributed by atoms with Crippen LogP contribution >= 0.6 is 11.6 Å². The van der Waals surface area contributed by atoms with Gasteiger partial charge in [-0.3, -0.25) is 14.8 Å². The number of amides is 1. The van der Waals surface area contributed by atoms with E-state index in [9.17, 15) is 4.79 Å². The van der Waals surface area contributed by atoms with Crippen LogP contribution in [0.4, 0.5) is 5.82 Å². The van der Waals surface area contributed by atoms with Crippen molar-refractivity contribution in [2.24, 2.45) is 0 Å². The smallest absolute Gasteiger partial charge is 0.251 e. The summed E-state index contributed by atoms with van der Waals surface area (Å²) in [4.78, 5) is 26.3. The van der Waals surface area contributed by atoms with E-state index >= 15 is 0 Å². The number of nitrogens with one attached hydrogen (secondary N) is 1. The van der Waals surface area contributed by atoms with E-state index in [0.717, 1.165) is 27.7 Å². The second-order valence-electron chi connectivity index (χ2n) is 8.58. The Hall–Kier alpha value is -3.71. The van der Waals surface area contributed by atoms with Gasteiger partial charge in [0, 0.05) is 53.1 Å². The first-order chi connectivity index (χ1) is 15.8. The van der Waals surface area contributed by atoms with Crippen molar-refractivity contribution < 1.29 is 9.53 Å². The van der Waals surface area contributed by atoms with E-state index in [0.29, 0.717) is 34.3 Å². The molecule has 0 saturated heterocycles. The van der Waals surface area contributed by atoms with Gasteiger partial charge in [-0.2, -0.15) is 4.98 Å². The van der Waals surface area contributed by atoms with Crippen LogP contribution in [0.1, 0.15) is 46.6 Å². The number of nitrogens with two attached hydrogens (primary N) is 1. The maximum atomic E-state index is 12.8. The molecule has 0 spiro atoms. The lowest BCUT2D eigenvalue weighted by molar-refractivity contribution is 0.0943. The molecule has 0 radical (unpaired) electrons. The van der Waals surface area contributed by atoms with Gasteiger partial charge in [-0.15, -0.1) is 0 Å². The van der Waals surface area contributed by atoms with Crippen molar-refractivity contribution in [3.8, 4) is 5.88 Å². The lowest BCUT2D eigenvalue weighted by Crippen LogP contribution is -2.29. The van der Waals surface area contributed by atoms with E-state index in [2.05, 4.69) is 26.3 Å². The minimum atomic E-state index is -0.811. The molecule has 1 aromatic carbocycles. The minimum absolute atomic E-state index is 0.201. The van der Waals surface area contributed by atoms with Gasteiger partial charge >= 0.3 is 0 Å². The maximum absolute atomic E-state index is 12.8. The number of rotatable bonds is 0. The Morgan fingerprint density at radius 3 is 2.82 bits per heavy atom. The Balaban J connectivity index is 1.75. The third-order valence-electron chi connectivity index (χ3n) is 5.67. The molecule has 0 saturated carbocycles. The van der Waals surface area contributed by atoms with Crippen LogP contribution in [0.3, 0.4) is 0 Å². The van der Waals surface area contributed by atoms with Crippen LogP contribution in [-0.4, -0.2) is 20.9 Å². The monoisotopic (exact) mass is 459 g/mol. The molecular weight excluding hydrogens is 438 g/mol. The summed E-state index contributed by atoms with van der Waals surface area (Å²) in [6, 6.07) is 13.0. The molecule has 33 heavy (non-hydrogen) atoms. The van der Waals surface area contributed by atoms with Crippen molar-refractivity contribution in [3.05, 3.63) is 87.8 Å². The predicted octanol–water partition coefficient (Wildman–Crippen LogP) is 4.41. The molecule has 0 atom stereocenters. The van der Waals surface area contributed by atoms with Crippen molar-refractivity contribution in [1.29, 1.82) is 0 Å². The number of benzene rings is 1. The molecule has 7 nitrogen and oxygen atoms in total. The van der Waals surface area contributed by atoms with Crippen LogP contribution < -0.4 is 15.8 Å². The molecule has 3 N–H and O–H groups in total. The van der Waals surface area contributed by atoms with Gasteiger partial charge in [-0.05, 0) is 61.9 Å². The molecule has 0 aliphatic carbocycles. The molecule has 4 bridgehead atoms. The quantitative estimate of drug-likeness (QED) is 0.403. The molecular formula is C25H22ClN5O2. The third kappa shape index (κ3) is 4.19. The summed E-state index contributed by atoms with van der Waals surface area (Å²) in [6.07, 6.45) is 3.82. The highest BCUT2D eigenvalue weighted by Gasteiger charge is 2.29. The topological polar surface area (TPSA) is 103 Å². The normalized spacial score (nSPS) is 15.2. The number of ether oxygens (including phenoxy) is 1. The molecule has 4 aromatic rings. The summed E-state index contributed by atoms with van der Waals surface area (Å²) >= 11 is 6.25. The van der Waals surface area contributed by atoms with E-state index in [1.54, 1.807) is 24.5 Å². The van der Waals surface area contributed by atoms with E-state index in [-0.39, 0.29) is 12.5 Å².